The molecule has 25 heavy (non-hydrogen) atoms. The number of piperazine rings is 1. The second-order valence-corrected chi connectivity index (χ2v) is 6.52. The molecule has 2 fully saturated rings. The third-order valence-corrected chi connectivity index (χ3v) is 4.66. The summed E-state index contributed by atoms with van der Waals surface area (Å²) in [6.07, 6.45) is 3.92. The Morgan fingerprint density at radius 2 is 2.32 bits per heavy atom. The number of nitrogens with zero attached hydrogens (tertiary/aromatic N) is 2. The summed E-state index contributed by atoms with van der Waals surface area (Å²) in [5, 5.41) is 5.56. The van der Waals surface area contributed by atoms with Gasteiger partial charge in [-0.05, 0) is 25.0 Å². The van der Waals surface area contributed by atoms with Crippen LogP contribution in [0, 0.1) is 0 Å². The van der Waals surface area contributed by atoms with Gasteiger partial charge in [-0.2, -0.15) is 0 Å². The monoisotopic (exact) mass is 348 g/mol. The lowest BCUT2D eigenvalue weighted by molar-refractivity contribution is -0.143. The SMILES string of the molecule is CCCCN(Cc1ccco1)C(=O)N[C@H]1C[C@H]2C(=O)NCC(=O)N2C1. The summed E-state index contributed by atoms with van der Waals surface area (Å²) < 4.78 is 5.34. The van der Waals surface area contributed by atoms with Crippen molar-refractivity contribution in [2.24, 2.45) is 0 Å². The van der Waals surface area contributed by atoms with Crippen molar-refractivity contribution >= 4 is 17.8 Å². The number of carbonyl (C=O) groups excluding carboxylic acids is 3. The molecule has 1 aromatic rings. The molecule has 1 aromatic heterocycles. The predicted octanol–water partition coefficient (Wildman–Crippen LogP) is 0.691. The molecule has 0 bridgehead atoms. The van der Waals surface area contributed by atoms with Gasteiger partial charge in [-0.1, -0.05) is 13.3 Å². The quantitative estimate of drug-likeness (QED) is 0.791. The van der Waals surface area contributed by atoms with E-state index in [9.17, 15) is 14.4 Å². The standard InChI is InChI=1S/C17H24N4O4/c1-2-3-6-20(11-13-5-4-7-25-13)17(24)19-12-8-14-16(23)18-9-15(22)21(14)10-12/h4-5,7,12,14H,2-3,6,8-11H2,1H3,(H,18,23)(H,19,24)/t12-,14-/m0/s1. The lowest BCUT2D eigenvalue weighted by Crippen LogP contribution is -2.55. The summed E-state index contributed by atoms with van der Waals surface area (Å²) in [4.78, 5) is 39.8. The zero-order chi connectivity index (χ0) is 17.8. The van der Waals surface area contributed by atoms with Crippen molar-refractivity contribution in [1.82, 2.24) is 20.4 Å². The molecule has 3 rings (SSSR count). The molecule has 0 radical (unpaired) electrons. The van der Waals surface area contributed by atoms with E-state index in [0.717, 1.165) is 18.6 Å². The number of fused-ring (bicyclic) bond motifs is 1. The first-order valence-corrected chi connectivity index (χ1v) is 8.73. The average molecular weight is 348 g/mol. The van der Waals surface area contributed by atoms with Crippen molar-refractivity contribution in [3.05, 3.63) is 24.2 Å². The van der Waals surface area contributed by atoms with Gasteiger partial charge in [0.25, 0.3) is 0 Å². The first-order chi connectivity index (χ1) is 12.1. The molecule has 2 N–H and O–H groups in total. The smallest absolute Gasteiger partial charge is 0.318 e. The minimum atomic E-state index is -0.472. The summed E-state index contributed by atoms with van der Waals surface area (Å²) in [6, 6.07) is 2.75. The first kappa shape index (κ1) is 17.3. The fraction of sp³-hybridized carbons (Fsp3) is 0.588. The number of hydrogen-bond donors (Lipinski definition) is 2. The van der Waals surface area contributed by atoms with Crippen LogP contribution in [0.5, 0.6) is 0 Å². The normalized spacial score (nSPS) is 22.5. The Kier molecular flexibility index (Phi) is 5.25. The van der Waals surface area contributed by atoms with Gasteiger partial charge in [0, 0.05) is 13.1 Å². The molecule has 2 aliphatic rings. The van der Waals surface area contributed by atoms with Crippen molar-refractivity contribution in [2.45, 2.75) is 44.8 Å². The van der Waals surface area contributed by atoms with Gasteiger partial charge in [-0.25, -0.2) is 4.79 Å². The number of furan rings is 1. The first-order valence-electron chi connectivity index (χ1n) is 8.73. The third kappa shape index (κ3) is 3.94. The van der Waals surface area contributed by atoms with Gasteiger partial charge in [0.15, 0.2) is 0 Å². The fourth-order valence-corrected chi connectivity index (χ4v) is 3.30. The summed E-state index contributed by atoms with van der Waals surface area (Å²) in [6.45, 7) is 3.52. The van der Waals surface area contributed by atoms with Crippen molar-refractivity contribution in [1.29, 1.82) is 0 Å². The highest BCUT2D eigenvalue weighted by Gasteiger charge is 2.43. The Hall–Kier alpha value is -2.51. The highest BCUT2D eigenvalue weighted by atomic mass is 16.3. The molecular weight excluding hydrogens is 324 g/mol. The van der Waals surface area contributed by atoms with Crippen LogP contribution in [-0.4, -0.2) is 59.4 Å². The third-order valence-electron chi connectivity index (χ3n) is 4.66. The number of amides is 4. The van der Waals surface area contributed by atoms with Crippen LogP contribution in [0.25, 0.3) is 0 Å². The lowest BCUT2D eigenvalue weighted by atomic mass is 10.1. The molecular formula is C17H24N4O4. The van der Waals surface area contributed by atoms with Crippen LogP contribution in [0.2, 0.25) is 0 Å². The maximum absolute atomic E-state index is 12.7. The van der Waals surface area contributed by atoms with Crippen LogP contribution in [-0.2, 0) is 16.1 Å². The van der Waals surface area contributed by atoms with Crippen molar-refractivity contribution in [2.75, 3.05) is 19.6 Å². The van der Waals surface area contributed by atoms with Gasteiger partial charge < -0.3 is 24.9 Å². The molecule has 136 valence electrons. The number of unbranched alkanes of at least 4 members (excludes halogenated alkanes) is 1. The number of rotatable bonds is 6. The Balaban J connectivity index is 1.60. The molecule has 3 heterocycles. The highest BCUT2D eigenvalue weighted by Crippen LogP contribution is 2.21. The topological polar surface area (TPSA) is 94.9 Å². The van der Waals surface area contributed by atoms with Gasteiger partial charge in [0.05, 0.1) is 25.4 Å². The zero-order valence-corrected chi connectivity index (χ0v) is 14.4. The van der Waals surface area contributed by atoms with E-state index in [-0.39, 0.29) is 30.4 Å². The zero-order valence-electron chi connectivity index (χ0n) is 14.4. The second-order valence-electron chi connectivity index (χ2n) is 6.52. The summed E-state index contributed by atoms with van der Waals surface area (Å²) in [5.41, 5.74) is 0. The molecule has 0 aliphatic carbocycles. The second kappa shape index (κ2) is 7.58. The van der Waals surface area contributed by atoms with E-state index >= 15 is 0 Å². The molecule has 8 heteroatoms. The molecule has 4 amide bonds. The Morgan fingerprint density at radius 1 is 1.48 bits per heavy atom. The van der Waals surface area contributed by atoms with Crippen molar-refractivity contribution in [3.8, 4) is 0 Å². The van der Waals surface area contributed by atoms with Gasteiger partial charge in [0.1, 0.15) is 11.8 Å². The maximum atomic E-state index is 12.7. The van der Waals surface area contributed by atoms with E-state index in [4.69, 9.17) is 4.42 Å². The van der Waals surface area contributed by atoms with Crippen LogP contribution in [0.1, 0.15) is 31.9 Å². The highest BCUT2D eigenvalue weighted by molar-refractivity contribution is 5.95. The van der Waals surface area contributed by atoms with Crippen LogP contribution < -0.4 is 10.6 Å². The van der Waals surface area contributed by atoms with Crippen molar-refractivity contribution < 1.29 is 18.8 Å². The molecule has 2 saturated heterocycles. The average Bonchev–Trinajstić information content (AvgIpc) is 3.25. The largest absolute Gasteiger partial charge is 0.467 e. The van der Waals surface area contributed by atoms with Crippen LogP contribution in [0.4, 0.5) is 4.79 Å². The molecule has 0 aromatic carbocycles. The number of urea groups is 1. The van der Waals surface area contributed by atoms with Gasteiger partial charge in [0.2, 0.25) is 11.8 Å². The van der Waals surface area contributed by atoms with E-state index in [0.29, 0.717) is 26.1 Å². The molecule has 2 aliphatic heterocycles. The van der Waals surface area contributed by atoms with E-state index in [1.165, 1.54) is 0 Å². The van der Waals surface area contributed by atoms with Crippen molar-refractivity contribution in [3.63, 3.8) is 0 Å². The summed E-state index contributed by atoms with van der Waals surface area (Å²) in [5.74, 6) is 0.485. The lowest BCUT2D eigenvalue weighted by Gasteiger charge is -2.28. The molecule has 2 atom stereocenters. The van der Waals surface area contributed by atoms with Gasteiger partial charge in [-0.3, -0.25) is 9.59 Å². The summed E-state index contributed by atoms with van der Waals surface area (Å²) in [7, 11) is 0. The maximum Gasteiger partial charge on any atom is 0.318 e. The molecule has 0 spiro atoms. The molecule has 8 nitrogen and oxygen atoms in total. The van der Waals surface area contributed by atoms with Gasteiger partial charge in [-0.15, -0.1) is 0 Å². The Labute approximate surface area is 146 Å². The minimum Gasteiger partial charge on any atom is -0.467 e. The van der Waals surface area contributed by atoms with Crippen LogP contribution in [0.15, 0.2) is 22.8 Å². The van der Waals surface area contributed by atoms with E-state index < -0.39 is 6.04 Å². The van der Waals surface area contributed by atoms with Crippen LogP contribution in [0.3, 0.4) is 0 Å². The van der Waals surface area contributed by atoms with E-state index in [2.05, 4.69) is 17.6 Å². The Morgan fingerprint density at radius 3 is 3.00 bits per heavy atom. The molecule has 0 saturated carbocycles. The molecule has 0 unspecified atom stereocenters. The number of nitrogens with one attached hydrogen (secondary N) is 2. The number of carbonyl (C=O) groups is 3. The predicted molar refractivity (Wildman–Crippen MR) is 89.5 cm³/mol. The van der Waals surface area contributed by atoms with Gasteiger partial charge >= 0.3 is 6.03 Å². The van der Waals surface area contributed by atoms with Crippen LogP contribution >= 0.6 is 0 Å². The Bertz CT molecular complexity index is 607. The fourth-order valence-electron chi connectivity index (χ4n) is 3.30. The minimum absolute atomic E-state index is 0.0388. The van der Waals surface area contributed by atoms with E-state index in [1.54, 1.807) is 22.1 Å². The van der Waals surface area contributed by atoms with E-state index in [1.807, 2.05) is 6.07 Å². The summed E-state index contributed by atoms with van der Waals surface area (Å²) >= 11 is 0. The number of hydrogen-bond acceptors (Lipinski definition) is 4.